The highest BCUT2D eigenvalue weighted by atomic mass is 32.1. The number of aliphatic imine (C=N–C) groups is 1. The summed E-state index contributed by atoms with van der Waals surface area (Å²) in [5.41, 5.74) is 1.56. The van der Waals surface area contributed by atoms with Crippen LogP contribution in [0.5, 0.6) is 0 Å². The molecule has 9 rings (SSSR count). The van der Waals surface area contributed by atoms with E-state index in [9.17, 15) is 23.9 Å². The number of amidine groups is 1. The lowest BCUT2D eigenvalue weighted by Gasteiger charge is -2.73. The minimum Gasteiger partial charge on any atom is -0.478 e. The fraction of sp³-hybridized carbons (Fsp3) is 0.531. The van der Waals surface area contributed by atoms with Gasteiger partial charge in [-0.15, -0.1) is 11.3 Å². The number of carboxylic acid groups (broad SMARTS) is 1. The number of nitrogens with one attached hydrogen (secondary N) is 1. The third kappa shape index (κ3) is 4.57. The summed E-state index contributed by atoms with van der Waals surface area (Å²) >= 11 is 1.40. The second-order valence-corrected chi connectivity index (χ2v) is 14.5. The highest BCUT2D eigenvalue weighted by molar-refractivity contribution is 7.11. The number of halogens is 1. The van der Waals surface area contributed by atoms with E-state index in [0.717, 1.165) is 38.8 Å². The van der Waals surface area contributed by atoms with Crippen molar-refractivity contribution in [1.29, 1.82) is 0 Å². The second kappa shape index (κ2) is 10.3. The molecule has 2 unspecified atom stereocenters. The molecule has 5 heterocycles. The van der Waals surface area contributed by atoms with E-state index in [1.807, 2.05) is 15.2 Å². The first-order chi connectivity index (χ1) is 21.7. The zero-order valence-electron chi connectivity index (χ0n) is 25.2. The van der Waals surface area contributed by atoms with Crippen LogP contribution < -0.4 is 5.32 Å². The van der Waals surface area contributed by atoms with E-state index in [1.54, 1.807) is 25.3 Å². The van der Waals surface area contributed by atoms with Gasteiger partial charge in [-0.2, -0.15) is 0 Å². The van der Waals surface area contributed by atoms with Crippen LogP contribution in [-0.2, 0) is 9.59 Å². The largest absolute Gasteiger partial charge is 0.478 e. The van der Waals surface area contributed by atoms with E-state index in [1.165, 1.54) is 17.4 Å². The van der Waals surface area contributed by atoms with Gasteiger partial charge in [0.15, 0.2) is 10.8 Å². The Hall–Kier alpha value is -3.84. The van der Waals surface area contributed by atoms with Gasteiger partial charge in [0.1, 0.15) is 11.9 Å². The van der Waals surface area contributed by atoms with Crippen molar-refractivity contribution in [3.05, 3.63) is 63.0 Å². The number of fused-ring (bicyclic) bond motifs is 1. The Morgan fingerprint density at radius 2 is 2.00 bits per heavy atom. The fourth-order valence-corrected chi connectivity index (χ4v) is 9.36. The normalized spacial score (nSPS) is 31.1. The molecule has 13 heteroatoms. The van der Waals surface area contributed by atoms with Crippen LogP contribution in [0.2, 0.25) is 0 Å². The molecule has 45 heavy (non-hydrogen) atoms. The van der Waals surface area contributed by atoms with Crippen LogP contribution in [0.3, 0.4) is 0 Å². The van der Waals surface area contributed by atoms with Crippen LogP contribution in [0.1, 0.15) is 54.3 Å². The molecule has 7 aliphatic rings. The first kappa shape index (κ1) is 28.6. The Morgan fingerprint density at radius 1 is 1.18 bits per heavy atom. The molecule has 11 nitrogen and oxygen atoms in total. The van der Waals surface area contributed by atoms with Gasteiger partial charge in [-0.3, -0.25) is 14.7 Å². The third-order valence-corrected chi connectivity index (χ3v) is 11.6. The maximum Gasteiger partial charge on any atom is 0.335 e. The van der Waals surface area contributed by atoms with Crippen LogP contribution in [0.15, 0.2) is 46.0 Å². The maximum atomic E-state index is 14.6. The summed E-state index contributed by atoms with van der Waals surface area (Å²) in [4.78, 5) is 56.0. The second-order valence-electron chi connectivity index (χ2n) is 13.6. The fourth-order valence-electron chi connectivity index (χ4n) is 8.77. The monoisotopic (exact) mass is 633 g/mol. The number of aromatic nitrogens is 1. The minimum absolute atomic E-state index is 0.0159. The molecular weight excluding hydrogens is 597 g/mol. The summed E-state index contributed by atoms with van der Waals surface area (Å²) in [5.74, 6) is -0.789. The van der Waals surface area contributed by atoms with Crippen molar-refractivity contribution in [3.63, 3.8) is 0 Å². The van der Waals surface area contributed by atoms with Crippen molar-refractivity contribution in [2.75, 3.05) is 45.8 Å². The summed E-state index contributed by atoms with van der Waals surface area (Å²) in [7, 11) is 0. The molecule has 2 N–H and O–H groups in total. The van der Waals surface area contributed by atoms with E-state index in [2.05, 4.69) is 20.1 Å². The maximum absolute atomic E-state index is 14.6. The van der Waals surface area contributed by atoms with Crippen molar-refractivity contribution >= 4 is 35.1 Å². The van der Waals surface area contributed by atoms with Gasteiger partial charge in [0.05, 0.1) is 11.6 Å². The van der Waals surface area contributed by atoms with Gasteiger partial charge in [-0.25, -0.2) is 19.0 Å². The number of carboxylic acids is 1. The molecule has 3 saturated heterocycles. The highest BCUT2D eigenvalue weighted by Gasteiger charge is 2.72. The van der Waals surface area contributed by atoms with E-state index < -0.39 is 17.8 Å². The number of hydrogen-bond donors (Lipinski definition) is 2. The summed E-state index contributed by atoms with van der Waals surface area (Å²) in [6.45, 7) is 6.11. The zero-order chi connectivity index (χ0) is 31.1. The van der Waals surface area contributed by atoms with Crippen molar-refractivity contribution in [2.24, 2.45) is 10.4 Å². The van der Waals surface area contributed by atoms with Gasteiger partial charge in [0.2, 0.25) is 5.91 Å². The van der Waals surface area contributed by atoms with E-state index in [-0.39, 0.29) is 34.5 Å². The zero-order valence-corrected chi connectivity index (χ0v) is 26.0. The number of benzene rings is 1. The topological polar surface area (TPSA) is 122 Å². The molecule has 0 radical (unpaired) electrons. The Balaban J connectivity index is 0.998. The number of piperazine rings is 1. The molecule has 0 spiro atoms. The SMILES string of the molecule is Cc1c(F)cccc1C1N=C(c2nccs2)NC(CN2CCN3C(=O)N(C45CC(CN6CCCC6=O)(C4)C5)CC3C2)=C1C(=O)O. The van der Waals surface area contributed by atoms with Crippen molar-refractivity contribution in [1.82, 2.24) is 29.9 Å². The molecule has 4 aliphatic heterocycles. The predicted octanol–water partition coefficient (Wildman–Crippen LogP) is 2.99. The number of hydrogen-bond acceptors (Lipinski definition) is 8. The van der Waals surface area contributed by atoms with Crippen molar-refractivity contribution < 1.29 is 23.9 Å². The molecular formula is C32H36FN7O4S. The molecule has 2 atom stereocenters. The van der Waals surface area contributed by atoms with Gasteiger partial charge < -0.3 is 25.1 Å². The molecule has 236 valence electrons. The standard InChI is InChI=1S/C32H36FN7O4S/c1-19-21(4-2-5-22(19)33)26-25(29(42)43)23(35-27(36-26)28-34-7-11-45-28)14-37-9-10-39-20(12-37)13-40(30(39)44)32-15-31(16-32,17-32)18-38-8-3-6-24(38)41/h2,4-5,7,11,20,26H,3,6,8-10,12-18H2,1H3,(H,35,36)(H,42,43). The number of thiazole rings is 1. The van der Waals surface area contributed by atoms with E-state index >= 15 is 0 Å². The lowest BCUT2D eigenvalue weighted by molar-refractivity contribution is -0.208. The summed E-state index contributed by atoms with van der Waals surface area (Å²) in [6, 6.07) is 3.90. The number of carbonyl (C=O) groups excluding carboxylic acids is 2. The number of urea groups is 1. The first-order valence-electron chi connectivity index (χ1n) is 15.7. The molecule has 2 bridgehead atoms. The molecule has 3 saturated carbocycles. The summed E-state index contributed by atoms with van der Waals surface area (Å²) in [5, 5.41) is 16.2. The lowest BCUT2D eigenvalue weighted by atomic mass is 9.38. The average Bonchev–Trinajstić information content (AvgIpc) is 3.72. The lowest BCUT2D eigenvalue weighted by Crippen LogP contribution is -2.77. The van der Waals surface area contributed by atoms with Crippen LogP contribution in [0, 0.1) is 18.2 Å². The summed E-state index contributed by atoms with van der Waals surface area (Å²) in [6.07, 6.45) is 6.19. The van der Waals surface area contributed by atoms with Crippen molar-refractivity contribution in [3.8, 4) is 0 Å². The Labute approximate surface area is 264 Å². The van der Waals surface area contributed by atoms with Gasteiger partial charge >= 0.3 is 12.0 Å². The minimum atomic E-state index is -1.11. The first-order valence-corrected chi connectivity index (χ1v) is 16.6. The molecule has 1 aromatic carbocycles. The number of nitrogens with zero attached hydrogens (tertiary/aromatic N) is 6. The number of aliphatic carboxylic acids is 1. The number of carbonyl (C=O) groups is 3. The molecule has 2 aromatic rings. The quantitative estimate of drug-likeness (QED) is 0.459. The summed E-state index contributed by atoms with van der Waals surface area (Å²) < 4.78 is 14.6. The smallest absolute Gasteiger partial charge is 0.335 e. The van der Waals surface area contributed by atoms with Gasteiger partial charge in [-0.1, -0.05) is 12.1 Å². The van der Waals surface area contributed by atoms with Crippen LogP contribution >= 0.6 is 11.3 Å². The predicted molar refractivity (Wildman–Crippen MR) is 164 cm³/mol. The third-order valence-electron chi connectivity index (χ3n) is 10.8. The molecule has 3 aliphatic carbocycles. The van der Waals surface area contributed by atoms with E-state index in [4.69, 9.17) is 4.99 Å². The molecule has 6 fully saturated rings. The number of amides is 3. The van der Waals surface area contributed by atoms with Gasteiger partial charge in [0, 0.05) is 75.0 Å². The Bertz CT molecular complexity index is 1640. The average molecular weight is 634 g/mol. The van der Waals surface area contributed by atoms with Crippen LogP contribution in [-0.4, -0.2) is 111 Å². The number of likely N-dealkylation sites (tertiary alicyclic amines) is 1. The Morgan fingerprint density at radius 3 is 2.71 bits per heavy atom. The van der Waals surface area contributed by atoms with Gasteiger partial charge in [0.25, 0.3) is 0 Å². The number of rotatable bonds is 8. The molecule has 3 amide bonds. The Kier molecular flexibility index (Phi) is 6.58. The van der Waals surface area contributed by atoms with Gasteiger partial charge in [-0.05, 0) is 55.2 Å². The van der Waals surface area contributed by atoms with Crippen LogP contribution in [0.4, 0.5) is 9.18 Å². The van der Waals surface area contributed by atoms with Crippen LogP contribution in [0.25, 0.3) is 0 Å². The van der Waals surface area contributed by atoms with Crippen molar-refractivity contribution in [2.45, 2.75) is 56.7 Å². The van der Waals surface area contributed by atoms with E-state index in [0.29, 0.717) is 66.8 Å². The highest BCUT2D eigenvalue weighted by Crippen LogP contribution is 2.70. The molecule has 1 aromatic heterocycles.